The molecule has 7 nitrogen and oxygen atoms in total. The van der Waals surface area contributed by atoms with E-state index in [0.29, 0.717) is 19.5 Å². The van der Waals surface area contributed by atoms with E-state index in [4.69, 9.17) is 9.47 Å². The smallest absolute Gasteiger partial charge is 0.410 e. The van der Waals surface area contributed by atoms with Gasteiger partial charge in [0, 0.05) is 29.9 Å². The quantitative estimate of drug-likeness (QED) is 0.201. The third-order valence-corrected chi connectivity index (χ3v) is 10.7. The highest BCUT2D eigenvalue weighted by molar-refractivity contribution is 5.93. The van der Waals surface area contributed by atoms with Crippen molar-refractivity contribution >= 4 is 22.9 Å². The number of fused-ring (bicyclic) bond motifs is 6. The molecular weight excluding hydrogens is 586 g/mol. The standard InChI is InChI=1S/C40H41N3O4/c1-22-23(2)25(4)34(26(5)24(22)3)20-41-39(44)38-37-32(33-19-27(46-6)15-16-36(33)42-37)17-18-43(38)40(45)47-21-35-30-13-9-7-11-28(30)29-12-8-10-14-31(29)35/h7-16,19,35,38,42H,17-18,20-21H2,1-6H3,(H,41,44). The second-order valence-electron chi connectivity index (χ2n) is 12.9. The number of carbonyl (C=O) groups excluding carboxylic acids is 2. The van der Waals surface area contributed by atoms with E-state index in [9.17, 15) is 9.59 Å². The molecule has 1 atom stereocenters. The monoisotopic (exact) mass is 627 g/mol. The molecule has 0 bridgehead atoms. The number of hydrogen-bond donors (Lipinski definition) is 2. The highest BCUT2D eigenvalue weighted by Crippen LogP contribution is 2.45. The molecule has 47 heavy (non-hydrogen) atoms. The molecule has 0 spiro atoms. The molecule has 5 aromatic rings. The summed E-state index contributed by atoms with van der Waals surface area (Å²) in [5, 5.41) is 4.21. The normalized spacial score (nSPS) is 15.3. The molecule has 2 amide bonds. The first-order valence-corrected chi connectivity index (χ1v) is 16.3. The number of nitrogens with zero attached hydrogens (tertiary/aromatic N) is 1. The highest BCUT2D eigenvalue weighted by atomic mass is 16.6. The number of H-pyrrole nitrogens is 1. The zero-order chi connectivity index (χ0) is 33.0. The molecule has 0 saturated heterocycles. The largest absolute Gasteiger partial charge is 0.497 e. The lowest BCUT2D eigenvalue weighted by Crippen LogP contribution is -2.47. The summed E-state index contributed by atoms with van der Waals surface area (Å²) in [6, 6.07) is 21.6. The molecule has 2 heterocycles. The first-order valence-electron chi connectivity index (χ1n) is 16.3. The maximum atomic E-state index is 14.3. The van der Waals surface area contributed by atoms with Crippen LogP contribution in [0.15, 0.2) is 66.7 Å². The van der Waals surface area contributed by atoms with E-state index >= 15 is 0 Å². The fourth-order valence-electron chi connectivity index (χ4n) is 7.66. The molecule has 1 aliphatic carbocycles. The van der Waals surface area contributed by atoms with Crippen molar-refractivity contribution in [1.82, 2.24) is 15.2 Å². The number of aromatic amines is 1. The lowest BCUT2D eigenvalue weighted by Gasteiger charge is -2.34. The summed E-state index contributed by atoms with van der Waals surface area (Å²) in [4.78, 5) is 33.4. The number of methoxy groups -OCH3 is 1. The van der Waals surface area contributed by atoms with E-state index in [-0.39, 0.29) is 18.4 Å². The van der Waals surface area contributed by atoms with Gasteiger partial charge in [-0.15, -0.1) is 0 Å². The van der Waals surface area contributed by atoms with Crippen molar-refractivity contribution < 1.29 is 19.1 Å². The topological polar surface area (TPSA) is 83.7 Å². The number of nitrogens with one attached hydrogen (secondary N) is 2. The van der Waals surface area contributed by atoms with Crippen LogP contribution in [0.1, 0.15) is 67.7 Å². The second kappa shape index (κ2) is 12.0. The van der Waals surface area contributed by atoms with Crippen molar-refractivity contribution in [3.05, 3.63) is 122 Å². The molecule has 7 rings (SSSR count). The maximum absolute atomic E-state index is 14.3. The number of hydrogen-bond acceptors (Lipinski definition) is 4. The number of benzene rings is 4. The Labute approximate surface area is 275 Å². The van der Waals surface area contributed by atoms with Crippen molar-refractivity contribution in [1.29, 1.82) is 0 Å². The summed E-state index contributed by atoms with van der Waals surface area (Å²) in [6.45, 7) is 11.6. The van der Waals surface area contributed by atoms with Crippen LogP contribution < -0.4 is 10.1 Å². The summed E-state index contributed by atoms with van der Waals surface area (Å²) in [6.07, 6.45) is 0.0914. The molecule has 2 aliphatic rings. The first-order chi connectivity index (χ1) is 22.7. The van der Waals surface area contributed by atoms with Gasteiger partial charge >= 0.3 is 6.09 Å². The fourth-order valence-corrected chi connectivity index (χ4v) is 7.66. The minimum Gasteiger partial charge on any atom is -0.497 e. The van der Waals surface area contributed by atoms with E-state index in [2.05, 4.69) is 69.2 Å². The van der Waals surface area contributed by atoms with Crippen LogP contribution >= 0.6 is 0 Å². The average molecular weight is 628 g/mol. The summed E-state index contributed by atoms with van der Waals surface area (Å²) in [5.74, 6) is 0.432. The number of amides is 2. The Kier molecular flexibility index (Phi) is 7.79. The fraction of sp³-hybridized carbons (Fsp3) is 0.300. The number of aromatic nitrogens is 1. The lowest BCUT2D eigenvalue weighted by molar-refractivity contribution is -0.126. The molecule has 0 saturated carbocycles. The molecular formula is C40H41N3O4. The first kappa shape index (κ1) is 30.6. The van der Waals surface area contributed by atoms with E-state index < -0.39 is 12.1 Å². The molecule has 1 aromatic heterocycles. The van der Waals surface area contributed by atoms with E-state index in [1.165, 1.54) is 38.9 Å². The van der Waals surface area contributed by atoms with Crippen LogP contribution in [0.4, 0.5) is 4.79 Å². The van der Waals surface area contributed by atoms with Gasteiger partial charge in [-0.1, -0.05) is 48.5 Å². The number of carbonyl (C=O) groups is 2. The molecule has 7 heteroatoms. The molecule has 0 radical (unpaired) electrons. The van der Waals surface area contributed by atoms with Gasteiger partial charge in [0.15, 0.2) is 6.04 Å². The summed E-state index contributed by atoms with van der Waals surface area (Å²) in [7, 11) is 1.65. The summed E-state index contributed by atoms with van der Waals surface area (Å²) in [5.41, 5.74) is 14.5. The Bertz CT molecular complexity index is 1980. The third-order valence-electron chi connectivity index (χ3n) is 10.7. The van der Waals surface area contributed by atoms with Gasteiger partial charge in [0.25, 0.3) is 0 Å². The van der Waals surface area contributed by atoms with Crippen molar-refractivity contribution in [3.63, 3.8) is 0 Å². The van der Waals surface area contributed by atoms with Crippen molar-refractivity contribution in [2.75, 3.05) is 20.3 Å². The maximum Gasteiger partial charge on any atom is 0.410 e. The number of rotatable bonds is 6. The minimum atomic E-state index is -0.874. The third kappa shape index (κ3) is 5.05. The van der Waals surface area contributed by atoms with Crippen LogP contribution in [-0.4, -0.2) is 42.1 Å². The van der Waals surface area contributed by atoms with E-state index in [1.807, 2.05) is 42.5 Å². The van der Waals surface area contributed by atoms with Crippen LogP contribution in [0.3, 0.4) is 0 Å². The van der Waals surface area contributed by atoms with Gasteiger partial charge in [-0.25, -0.2) is 4.79 Å². The van der Waals surface area contributed by atoms with Crippen molar-refractivity contribution in [2.24, 2.45) is 0 Å². The summed E-state index contributed by atoms with van der Waals surface area (Å²) < 4.78 is 11.6. The van der Waals surface area contributed by atoms with Gasteiger partial charge in [-0.3, -0.25) is 9.69 Å². The Morgan fingerprint density at radius 2 is 1.47 bits per heavy atom. The van der Waals surface area contributed by atoms with Gasteiger partial charge in [-0.2, -0.15) is 0 Å². The Hall–Kier alpha value is -5.04. The molecule has 1 unspecified atom stereocenters. The predicted octanol–water partition coefficient (Wildman–Crippen LogP) is 7.88. The Balaban J connectivity index is 1.20. The molecule has 2 N–H and O–H groups in total. The van der Waals surface area contributed by atoms with Gasteiger partial charge in [-0.05, 0) is 120 Å². The molecule has 1 aliphatic heterocycles. The average Bonchev–Trinajstić information content (AvgIpc) is 3.63. The Morgan fingerprint density at radius 3 is 2.11 bits per heavy atom. The zero-order valence-electron chi connectivity index (χ0n) is 27.9. The van der Waals surface area contributed by atoms with Crippen LogP contribution in [0.2, 0.25) is 0 Å². The van der Waals surface area contributed by atoms with Crippen molar-refractivity contribution in [3.8, 4) is 16.9 Å². The molecule has 4 aromatic carbocycles. The van der Waals surface area contributed by atoms with Crippen LogP contribution in [-0.2, 0) is 22.5 Å². The van der Waals surface area contributed by atoms with E-state index in [1.54, 1.807) is 12.0 Å². The van der Waals surface area contributed by atoms with Crippen molar-refractivity contribution in [2.45, 2.75) is 59.5 Å². The van der Waals surface area contributed by atoms with Gasteiger partial charge in [0.1, 0.15) is 12.4 Å². The molecule has 240 valence electrons. The second-order valence-corrected chi connectivity index (χ2v) is 12.9. The van der Waals surface area contributed by atoms with Crippen LogP contribution in [0, 0.1) is 34.6 Å². The van der Waals surface area contributed by atoms with Crippen LogP contribution in [0.5, 0.6) is 5.75 Å². The predicted molar refractivity (Wildman–Crippen MR) is 185 cm³/mol. The minimum absolute atomic E-state index is 0.0708. The van der Waals surface area contributed by atoms with E-state index in [0.717, 1.165) is 44.6 Å². The number of ether oxygens (including phenoxy) is 2. The molecule has 0 fully saturated rings. The lowest BCUT2D eigenvalue weighted by atomic mass is 9.89. The van der Waals surface area contributed by atoms with Gasteiger partial charge in [0.05, 0.1) is 12.8 Å². The zero-order valence-corrected chi connectivity index (χ0v) is 27.9. The van der Waals surface area contributed by atoms with Gasteiger partial charge < -0.3 is 19.8 Å². The Morgan fingerprint density at radius 1 is 0.851 bits per heavy atom. The summed E-state index contributed by atoms with van der Waals surface area (Å²) >= 11 is 0. The SMILES string of the molecule is COc1ccc2[nH]c3c(c2c1)CCN(C(=O)OCC1c2ccccc2-c2ccccc21)C3C(=O)NCc1c(C)c(C)c(C)c(C)c1C. The van der Waals surface area contributed by atoms with Crippen LogP contribution in [0.25, 0.3) is 22.0 Å². The highest BCUT2D eigenvalue weighted by Gasteiger charge is 2.40. The van der Waals surface area contributed by atoms with Gasteiger partial charge in [0.2, 0.25) is 5.91 Å².